The Balaban J connectivity index is 0.000000140. The first-order chi connectivity index (χ1) is 6.79. The van der Waals surface area contributed by atoms with Gasteiger partial charge in [-0.3, -0.25) is 0 Å². The van der Waals surface area contributed by atoms with Crippen molar-refractivity contribution in [3.8, 4) is 5.75 Å². The van der Waals surface area contributed by atoms with Crippen LogP contribution in [0.1, 0.15) is 32.1 Å². The molecule has 2 heteroatoms. The lowest BCUT2D eigenvalue weighted by Crippen LogP contribution is -2.22. The van der Waals surface area contributed by atoms with Crippen LogP contribution >= 0.6 is 0 Å². The molecule has 1 aromatic rings. The second-order valence-electron chi connectivity index (χ2n) is 3.73. The smallest absolute Gasteiger partial charge is 0.115 e. The van der Waals surface area contributed by atoms with Crippen LogP contribution in [0, 0.1) is 0 Å². The Morgan fingerprint density at radius 1 is 1.00 bits per heavy atom. The monoisotopic (exact) mass is 193 g/mol. The quantitative estimate of drug-likeness (QED) is 0.665. The van der Waals surface area contributed by atoms with Crippen LogP contribution in [0.2, 0.25) is 0 Å². The number of hydrogen-bond donors (Lipinski definition) is 2. The van der Waals surface area contributed by atoms with E-state index in [0.717, 1.165) is 0 Å². The lowest BCUT2D eigenvalue weighted by molar-refractivity contribution is 0.441. The number of rotatable bonds is 0. The molecule has 14 heavy (non-hydrogen) atoms. The average molecular weight is 193 g/mol. The van der Waals surface area contributed by atoms with Gasteiger partial charge in [0.25, 0.3) is 0 Å². The van der Waals surface area contributed by atoms with Gasteiger partial charge in [-0.1, -0.05) is 37.5 Å². The van der Waals surface area contributed by atoms with Gasteiger partial charge < -0.3 is 10.8 Å². The van der Waals surface area contributed by atoms with Crippen molar-refractivity contribution in [1.29, 1.82) is 0 Å². The van der Waals surface area contributed by atoms with Crippen molar-refractivity contribution < 1.29 is 5.11 Å². The van der Waals surface area contributed by atoms with Crippen LogP contribution in [0.15, 0.2) is 30.3 Å². The van der Waals surface area contributed by atoms with E-state index in [0.29, 0.717) is 11.8 Å². The number of nitrogens with two attached hydrogens (primary N) is 1. The van der Waals surface area contributed by atoms with Gasteiger partial charge in [0.05, 0.1) is 0 Å². The Bertz CT molecular complexity index is 229. The number of benzene rings is 1. The molecule has 1 saturated carbocycles. The minimum Gasteiger partial charge on any atom is -0.508 e. The molecule has 0 amide bonds. The van der Waals surface area contributed by atoms with Gasteiger partial charge >= 0.3 is 0 Å². The largest absolute Gasteiger partial charge is 0.508 e. The summed E-state index contributed by atoms with van der Waals surface area (Å²) in [5.41, 5.74) is 5.63. The number of phenols is 1. The minimum absolute atomic E-state index is 0.322. The van der Waals surface area contributed by atoms with Gasteiger partial charge in [0.1, 0.15) is 5.75 Å². The van der Waals surface area contributed by atoms with Gasteiger partial charge in [-0.25, -0.2) is 0 Å². The summed E-state index contributed by atoms with van der Waals surface area (Å²) >= 11 is 0. The zero-order chi connectivity index (χ0) is 10.2. The molecule has 0 spiro atoms. The molecule has 0 atom stereocenters. The van der Waals surface area contributed by atoms with Gasteiger partial charge in [0.2, 0.25) is 0 Å². The molecule has 0 heterocycles. The van der Waals surface area contributed by atoms with E-state index in [1.54, 1.807) is 24.3 Å². The van der Waals surface area contributed by atoms with Crippen molar-refractivity contribution in [2.75, 3.05) is 0 Å². The van der Waals surface area contributed by atoms with E-state index >= 15 is 0 Å². The Kier molecular flexibility index (Phi) is 5.08. The van der Waals surface area contributed by atoms with Crippen LogP contribution in [-0.2, 0) is 0 Å². The highest BCUT2D eigenvalue weighted by Gasteiger charge is 2.06. The van der Waals surface area contributed by atoms with Crippen LogP contribution in [-0.4, -0.2) is 11.1 Å². The molecule has 1 aliphatic rings. The summed E-state index contributed by atoms with van der Waals surface area (Å²) in [6, 6.07) is 9.25. The molecular weight excluding hydrogens is 174 g/mol. The van der Waals surface area contributed by atoms with Crippen molar-refractivity contribution >= 4 is 0 Å². The van der Waals surface area contributed by atoms with Crippen LogP contribution < -0.4 is 5.73 Å². The second kappa shape index (κ2) is 6.44. The third kappa shape index (κ3) is 4.87. The normalized spacial score (nSPS) is 16.9. The fourth-order valence-electron chi connectivity index (χ4n) is 1.56. The van der Waals surface area contributed by atoms with E-state index in [1.165, 1.54) is 32.1 Å². The maximum Gasteiger partial charge on any atom is 0.115 e. The van der Waals surface area contributed by atoms with Crippen LogP contribution in [0.4, 0.5) is 0 Å². The van der Waals surface area contributed by atoms with Crippen molar-refractivity contribution in [3.05, 3.63) is 30.3 Å². The third-order valence-electron chi connectivity index (χ3n) is 2.41. The van der Waals surface area contributed by atoms with Crippen LogP contribution in [0.25, 0.3) is 0 Å². The first-order valence-corrected chi connectivity index (χ1v) is 5.28. The molecule has 0 saturated heterocycles. The third-order valence-corrected chi connectivity index (χ3v) is 2.41. The molecule has 1 fully saturated rings. The molecule has 2 rings (SSSR count). The molecule has 0 unspecified atom stereocenters. The van der Waals surface area contributed by atoms with E-state index in [1.807, 2.05) is 6.07 Å². The summed E-state index contributed by atoms with van der Waals surface area (Å²) in [6.45, 7) is 0. The van der Waals surface area contributed by atoms with E-state index in [-0.39, 0.29) is 0 Å². The van der Waals surface area contributed by atoms with Crippen LogP contribution in [0.5, 0.6) is 5.75 Å². The van der Waals surface area contributed by atoms with Crippen molar-refractivity contribution in [2.45, 2.75) is 38.1 Å². The summed E-state index contributed by atoms with van der Waals surface area (Å²) in [5, 5.41) is 8.63. The van der Waals surface area contributed by atoms with E-state index in [4.69, 9.17) is 10.8 Å². The number of phenolic OH excluding ortho intramolecular Hbond substituents is 1. The standard InChI is InChI=1S/C6H13N.C6H6O/c2*7-6-4-2-1-3-5-6/h6H,1-5,7H2;1-5,7H. The highest BCUT2D eigenvalue weighted by atomic mass is 16.3. The molecule has 0 aliphatic heterocycles. The lowest BCUT2D eigenvalue weighted by Gasteiger charge is -2.15. The molecule has 2 nitrogen and oxygen atoms in total. The Morgan fingerprint density at radius 3 is 1.86 bits per heavy atom. The molecule has 3 N–H and O–H groups in total. The number of aromatic hydroxyl groups is 1. The van der Waals surface area contributed by atoms with Gasteiger partial charge in [0, 0.05) is 6.04 Å². The first kappa shape index (κ1) is 11.1. The average Bonchev–Trinajstić information content (AvgIpc) is 2.21. The van der Waals surface area contributed by atoms with Crippen LogP contribution in [0.3, 0.4) is 0 Å². The molecule has 0 aromatic heterocycles. The number of para-hydroxylation sites is 1. The predicted molar refractivity (Wildman–Crippen MR) is 59.2 cm³/mol. The van der Waals surface area contributed by atoms with Crippen molar-refractivity contribution in [2.24, 2.45) is 5.73 Å². The molecule has 0 bridgehead atoms. The Labute approximate surface area is 85.8 Å². The maximum absolute atomic E-state index is 8.63. The predicted octanol–water partition coefficient (Wildman–Crippen LogP) is 2.67. The maximum atomic E-state index is 8.63. The van der Waals surface area contributed by atoms with Gasteiger partial charge in [-0.05, 0) is 25.0 Å². The molecule has 1 aliphatic carbocycles. The molecule has 0 radical (unpaired) electrons. The SMILES string of the molecule is NC1CCCCC1.Oc1ccccc1. The van der Waals surface area contributed by atoms with E-state index in [2.05, 4.69) is 0 Å². The van der Waals surface area contributed by atoms with Gasteiger partial charge in [-0.2, -0.15) is 0 Å². The summed E-state index contributed by atoms with van der Waals surface area (Å²) in [7, 11) is 0. The summed E-state index contributed by atoms with van der Waals surface area (Å²) < 4.78 is 0. The zero-order valence-corrected chi connectivity index (χ0v) is 8.52. The van der Waals surface area contributed by atoms with E-state index in [9.17, 15) is 0 Å². The van der Waals surface area contributed by atoms with Gasteiger partial charge in [0.15, 0.2) is 0 Å². The zero-order valence-electron chi connectivity index (χ0n) is 8.52. The minimum atomic E-state index is 0.322. The fraction of sp³-hybridized carbons (Fsp3) is 0.500. The Morgan fingerprint density at radius 2 is 1.57 bits per heavy atom. The van der Waals surface area contributed by atoms with Gasteiger partial charge in [-0.15, -0.1) is 0 Å². The number of hydrogen-bond acceptors (Lipinski definition) is 2. The molecule has 78 valence electrons. The first-order valence-electron chi connectivity index (χ1n) is 5.28. The highest BCUT2D eigenvalue weighted by Crippen LogP contribution is 2.14. The topological polar surface area (TPSA) is 46.2 Å². The Hall–Kier alpha value is -1.02. The molecule has 1 aromatic carbocycles. The summed E-state index contributed by atoms with van der Waals surface area (Å²) in [5.74, 6) is 0.322. The lowest BCUT2D eigenvalue weighted by atomic mass is 9.97. The van der Waals surface area contributed by atoms with Crippen molar-refractivity contribution in [1.82, 2.24) is 0 Å². The fourth-order valence-corrected chi connectivity index (χ4v) is 1.56. The summed E-state index contributed by atoms with van der Waals surface area (Å²) in [6.07, 6.45) is 6.66. The molecular formula is C12H19NO. The van der Waals surface area contributed by atoms with E-state index < -0.39 is 0 Å². The highest BCUT2D eigenvalue weighted by molar-refractivity contribution is 5.18. The van der Waals surface area contributed by atoms with Crippen molar-refractivity contribution in [3.63, 3.8) is 0 Å². The summed E-state index contributed by atoms with van der Waals surface area (Å²) in [4.78, 5) is 0. The second-order valence-corrected chi connectivity index (χ2v) is 3.73.